The molecule has 1 atom stereocenters. The number of amides is 1. The fraction of sp³-hybridized carbons (Fsp3) is 0.379. The van der Waals surface area contributed by atoms with Gasteiger partial charge in [-0.05, 0) is 63.9 Å². The van der Waals surface area contributed by atoms with Gasteiger partial charge in [-0.25, -0.2) is 27.7 Å². The molecule has 2 aromatic carbocycles. The molecule has 1 aliphatic heterocycles. The first-order valence-electron chi connectivity index (χ1n) is 13.4. The van der Waals surface area contributed by atoms with Crippen LogP contribution in [0.2, 0.25) is 0 Å². The molecule has 3 aromatic rings. The van der Waals surface area contributed by atoms with Crippen LogP contribution in [0.15, 0.2) is 53.4 Å². The summed E-state index contributed by atoms with van der Waals surface area (Å²) < 4.78 is 40.3. The molecule has 2 heterocycles. The third-order valence-corrected chi connectivity index (χ3v) is 7.72. The van der Waals surface area contributed by atoms with Crippen LogP contribution in [0.1, 0.15) is 42.3 Å². The number of aromatic carboxylic acids is 1. The third-order valence-electron chi connectivity index (χ3n) is 6.40. The third kappa shape index (κ3) is 7.74. The van der Waals surface area contributed by atoms with Crippen LogP contribution in [-0.2, 0) is 14.8 Å². The summed E-state index contributed by atoms with van der Waals surface area (Å²) >= 11 is 0. The van der Waals surface area contributed by atoms with E-state index in [2.05, 4.69) is 20.0 Å². The van der Waals surface area contributed by atoms with Gasteiger partial charge in [0, 0.05) is 31.3 Å². The Balaban J connectivity index is 1.61. The zero-order valence-corrected chi connectivity index (χ0v) is 25.0. The van der Waals surface area contributed by atoms with Gasteiger partial charge in [-0.1, -0.05) is 24.3 Å². The number of aromatic nitrogens is 2. The molecular formula is C29H35N5O7S. The van der Waals surface area contributed by atoms with E-state index in [4.69, 9.17) is 9.47 Å². The van der Waals surface area contributed by atoms with Crippen LogP contribution in [0.4, 0.5) is 10.7 Å². The van der Waals surface area contributed by atoms with E-state index in [0.29, 0.717) is 25.3 Å². The lowest BCUT2D eigenvalue weighted by Crippen LogP contribution is -2.55. The van der Waals surface area contributed by atoms with Crippen molar-refractivity contribution in [2.75, 3.05) is 31.0 Å². The van der Waals surface area contributed by atoms with E-state index in [-0.39, 0.29) is 34.9 Å². The topological polar surface area (TPSA) is 160 Å². The molecule has 0 spiro atoms. The van der Waals surface area contributed by atoms with Crippen LogP contribution in [-0.4, -0.2) is 78.3 Å². The molecule has 0 radical (unpaired) electrons. The highest BCUT2D eigenvalue weighted by Gasteiger charge is 2.28. The molecule has 1 fully saturated rings. The van der Waals surface area contributed by atoms with E-state index >= 15 is 0 Å². The molecule has 0 saturated carbocycles. The largest absolute Gasteiger partial charge is 0.478 e. The first-order valence-corrected chi connectivity index (χ1v) is 14.9. The van der Waals surface area contributed by atoms with Crippen LogP contribution in [0.25, 0.3) is 11.3 Å². The number of carbonyl (C=O) groups is 2. The van der Waals surface area contributed by atoms with Crippen molar-refractivity contribution in [1.29, 1.82) is 0 Å². The van der Waals surface area contributed by atoms with Crippen LogP contribution in [0.3, 0.4) is 0 Å². The van der Waals surface area contributed by atoms with Crippen molar-refractivity contribution >= 4 is 28.0 Å². The van der Waals surface area contributed by atoms with Gasteiger partial charge in [-0.2, -0.15) is 4.98 Å². The van der Waals surface area contributed by atoms with Crippen molar-refractivity contribution in [3.63, 3.8) is 0 Å². The molecule has 42 heavy (non-hydrogen) atoms. The highest BCUT2D eigenvalue weighted by molar-refractivity contribution is 7.92. The summed E-state index contributed by atoms with van der Waals surface area (Å²) in [7, 11) is -4.24. The average Bonchev–Trinajstić information content (AvgIpc) is 2.91. The van der Waals surface area contributed by atoms with Gasteiger partial charge >= 0.3 is 12.1 Å². The molecule has 224 valence electrons. The fourth-order valence-electron chi connectivity index (χ4n) is 4.48. The fourth-order valence-corrected chi connectivity index (χ4v) is 5.47. The Morgan fingerprint density at radius 2 is 1.79 bits per heavy atom. The predicted molar refractivity (Wildman–Crippen MR) is 156 cm³/mol. The van der Waals surface area contributed by atoms with Crippen molar-refractivity contribution in [2.45, 2.75) is 51.2 Å². The lowest BCUT2D eigenvalue weighted by Gasteiger charge is -2.34. The lowest BCUT2D eigenvalue weighted by atomic mass is 10.00. The molecule has 1 amide bonds. The van der Waals surface area contributed by atoms with Gasteiger partial charge in [0.15, 0.2) is 0 Å². The van der Waals surface area contributed by atoms with E-state index in [1.807, 2.05) is 52.8 Å². The average molecular weight is 598 g/mol. The second-order valence-corrected chi connectivity index (χ2v) is 12.7. The van der Waals surface area contributed by atoms with Crippen LogP contribution < -0.4 is 14.8 Å². The predicted octanol–water partition coefficient (Wildman–Crippen LogP) is 3.85. The summed E-state index contributed by atoms with van der Waals surface area (Å²) in [6, 6.07) is 12.1. The van der Waals surface area contributed by atoms with Gasteiger partial charge in [0.05, 0.1) is 22.2 Å². The molecule has 0 aliphatic carbocycles. The van der Waals surface area contributed by atoms with E-state index in [9.17, 15) is 23.1 Å². The lowest BCUT2D eigenvalue weighted by molar-refractivity contribution is 0.0177. The van der Waals surface area contributed by atoms with Crippen molar-refractivity contribution in [2.24, 2.45) is 0 Å². The highest BCUT2D eigenvalue weighted by Crippen LogP contribution is 2.29. The highest BCUT2D eigenvalue weighted by atomic mass is 32.2. The molecule has 12 nitrogen and oxygen atoms in total. The maximum Gasteiger partial charge on any atom is 0.410 e. The van der Waals surface area contributed by atoms with Gasteiger partial charge < -0.3 is 24.8 Å². The Morgan fingerprint density at radius 3 is 2.45 bits per heavy atom. The Hall–Kier alpha value is -4.23. The zero-order valence-electron chi connectivity index (χ0n) is 24.2. The monoisotopic (exact) mass is 597 g/mol. The van der Waals surface area contributed by atoms with Crippen molar-refractivity contribution in [3.8, 4) is 17.1 Å². The number of carboxylic acids is 1. The SMILES string of the molecule is Cc1cccc(C)c1-c1cc(OCC2CN(C(=O)OC(C)(C)C)CCN2)nc(NS(=O)(=O)c2cccc(C(=O)O)c2)n1. The molecular weight excluding hydrogens is 562 g/mol. The number of hydrogen-bond donors (Lipinski definition) is 3. The smallest absolute Gasteiger partial charge is 0.410 e. The van der Waals surface area contributed by atoms with E-state index < -0.39 is 27.7 Å². The number of rotatable bonds is 8. The number of nitrogens with one attached hydrogen (secondary N) is 2. The summed E-state index contributed by atoms with van der Waals surface area (Å²) in [5, 5.41) is 12.6. The number of piperazine rings is 1. The molecule has 0 bridgehead atoms. The number of sulfonamides is 1. The Kier molecular flexibility index (Phi) is 9.02. The van der Waals surface area contributed by atoms with E-state index in [1.165, 1.54) is 18.2 Å². The van der Waals surface area contributed by atoms with Gasteiger partial charge in [0.2, 0.25) is 11.8 Å². The summed E-state index contributed by atoms with van der Waals surface area (Å²) in [6.45, 7) is 10.8. The first kappa shape index (κ1) is 30.7. The minimum atomic E-state index is -4.24. The number of benzene rings is 2. The number of ether oxygens (including phenoxy) is 2. The van der Waals surface area contributed by atoms with Crippen LogP contribution >= 0.6 is 0 Å². The van der Waals surface area contributed by atoms with Crippen LogP contribution in [0, 0.1) is 13.8 Å². The second-order valence-electron chi connectivity index (χ2n) is 11.0. The summed E-state index contributed by atoms with van der Waals surface area (Å²) in [5.74, 6) is -1.37. The number of nitrogens with zero attached hydrogens (tertiary/aromatic N) is 3. The Labute approximate surface area is 245 Å². The molecule has 13 heteroatoms. The van der Waals surface area contributed by atoms with Gasteiger partial charge in [-0.15, -0.1) is 0 Å². The van der Waals surface area contributed by atoms with Gasteiger partial charge in [-0.3, -0.25) is 0 Å². The molecule has 1 aromatic heterocycles. The van der Waals surface area contributed by atoms with Crippen molar-refractivity contribution < 1.29 is 32.6 Å². The number of carbonyl (C=O) groups excluding carboxylic acids is 1. The Morgan fingerprint density at radius 1 is 1.10 bits per heavy atom. The first-order chi connectivity index (χ1) is 19.7. The number of carboxylic acid groups (broad SMARTS) is 1. The standard InChI is InChI=1S/C29H35N5O7S/c1-18-8-6-9-19(2)25(18)23-15-24(40-17-21-16-34(13-12-30-21)28(37)41-29(3,4)5)32-27(31-23)33-42(38,39)22-11-7-10-20(14-22)26(35)36/h6-11,14-15,21,30H,12-13,16-17H2,1-5H3,(H,35,36)(H,31,32,33). The maximum atomic E-state index is 13.2. The molecule has 1 saturated heterocycles. The summed E-state index contributed by atoms with van der Waals surface area (Å²) in [5.41, 5.74) is 2.30. The van der Waals surface area contributed by atoms with Crippen molar-refractivity contribution in [1.82, 2.24) is 20.2 Å². The molecule has 3 N–H and O–H groups in total. The number of aryl methyl sites for hydroxylation is 2. The van der Waals surface area contributed by atoms with Crippen LogP contribution in [0.5, 0.6) is 5.88 Å². The maximum absolute atomic E-state index is 13.2. The normalized spacial score (nSPS) is 15.6. The van der Waals surface area contributed by atoms with E-state index in [0.717, 1.165) is 22.8 Å². The van der Waals surface area contributed by atoms with E-state index in [1.54, 1.807) is 11.0 Å². The molecule has 4 rings (SSSR count). The quantitative estimate of drug-likeness (QED) is 0.348. The van der Waals surface area contributed by atoms with Crippen molar-refractivity contribution in [3.05, 3.63) is 65.2 Å². The second kappa shape index (κ2) is 12.3. The summed E-state index contributed by atoms with van der Waals surface area (Å²) in [6.07, 6.45) is -0.406. The van der Waals surface area contributed by atoms with Gasteiger partial charge in [0.25, 0.3) is 10.0 Å². The molecule has 1 unspecified atom stereocenters. The number of anilines is 1. The summed E-state index contributed by atoms with van der Waals surface area (Å²) in [4.78, 5) is 34.1. The van der Waals surface area contributed by atoms with Gasteiger partial charge in [0.1, 0.15) is 12.2 Å². The minimum absolute atomic E-state index is 0.121. The zero-order chi connectivity index (χ0) is 30.7. The Bertz CT molecular complexity index is 1570. The number of hydrogen-bond acceptors (Lipinski definition) is 9. The molecule has 1 aliphatic rings. The minimum Gasteiger partial charge on any atom is -0.478 e.